The monoisotopic (exact) mass is 721 g/mol. The Labute approximate surface area is 261 Å². The molecule has 208 valence electrons. The van der Waals surface area contributed by atoms with Crippen LogP contribution in [0.2, 0.25) is 0 Å². The second-order valence-corrected chi connectivity index (χ2v) is 12.1. The number of fused-ring (bicyclic) bond motifs is 1. The molecule has 0 unspecified atom stereocenters. The van der Waals surface area contributed by atoms with Crippen LogP contribution in [-0.2, 0) is 6.61 Å². The largest absolute Gasteiger partial charge is 0.496 e. The molecule has 41 heavy (non-hydrogen) atoms. The minimum atomic E-state index is -0.229. The van der Waals surface area contributed by atoms with Gasteiger partial charge < -0.3 is 9.47 Å². The van der Waals surface area contributed by atoms with E-state index in [1.807, 2.05) is 73.7 Å². The van der Waals surface area contributed by atoms with Crippen molar-refractivity contribution in [2.45, 2.75) is 33.3 Å². The third-order valence-electron chi connectivity index (χ3n) is 6.78. The zero-order valence-electron chi connectivity index (χ0n) is 23.2. The first-order chi connectivity index (χ1) is 19.7. The fraction of sp³-hybridized carbons (Fsp3) is 0.182. The second kappa shape index (κ2) is 12.6. The summed E-state index contributed by atoms with van der Waals surface area (Å²) < 4.78 is 15.1. The van der Waals surface area contributed by atoms with Crippen LogP contribution in [0.25, 0.3) is 22.3 Å². The summed E-state index contributed by atoms with van der Waals surface area (Å²) in [4.78, 5) is 18.6. The van der Waals surface area contributed by atoms with Crippen molar-refractivity contribution >= 4 is 55.6 Å². The molecule has 1 aromatic heterocycles. The summed E-state index contributed by atoms with van der Waals surface area (Å²) in [6, 6.07) is 25.3. The van der Waals surface area contributed by atoms with Crippen molar-refractivity contribution in [3.8, 4) is 22.9 Å². The van der Waals surface area contributed by atoms with Crippen LogP contribution in [-0.4, -0.2) is 23.0 Å². The van der Waals surface area contributed by atoms with Crippen LogP contribution in [0.5, 0.6) is 11.5 Å². The van der Waals surface area contributed by atoms with E-state index >= 15 is 0 Å². The van der Waals surface area contributed by atoms with Gasteiger partial charge in [0.25, 0.3) is 5.56 Å². The van der Waals surface area contributed by atoms with Gasteiger partial charge in [0.1, 0.15) is 18.1 Å². The van der Waals surface area contributed by atoms with Crippen LogP contribution in [0, 0.1) is 10.5 Å². The lowest BCUT2D eigenvalue weighted by atomic mass is 9.96. The van der Waals surface area contributed by atoms with Gasteiger partial charge >= 0.3 is 0 Å². The van der Waals surface area contributed by atoms with Crippen molar-refractivity contribution < 1.29 is 9.47 Å². The highest BCUT2D eigenvalue weighted by molar-refractivity contribution is 14.1. The number of ether oxygens (including phenoxy) is 2. The molecule has 0 spiro atoms. The fourth-order valence-corrected chi connectivity index (χ4v) is 5.51. The molecule has 6 nitrogen and oxygen atoms in total. The maximum atomic E-state index is 13.7. The highest BCUT2D eigenvalue weighted by Gasteiger charge is 2.18. The summed E-state index contributed by atoms with van der Waals surface area (Å²) >= 11 is 5.72. The Morgan fingerprint density at radius 1 is 1.02 bits per heavy atom. The number of para-hydroxylation sites is 1. The van der Waals surface area contributed by atoms with Crippen LogP contribution in [0.3, 0.4) is 0 Å². The van der Waals surface area contributed by atoms with Gasteiger partial charge in [-0.05, 0) is 112 Å². The van der Waals surface area contributed by atoms with E-state index in [1.54, 1.807) is 19.4 Å². The van der Waals surface area contributed by atoms with E-state index in [1.165, 1.54) is 4.68 Å². The Morgan fingerprint density at radius 3 is 2.49 bits per heavy atom. The molecule has 5 rings (SSSR count). The van der Waals surface area contributed by atoms with E-state index < -0.39 is 0 Å². The van der Waals surface area contributed by atoms with Crippen molar-refractivity contribution in [2.75, 3.05) is 7.11 Å². The maximum absolute atomic E-state index is 13.7. The zero-order chi connectivity index (χ0) is 29.1. The van der Waals surface area contributed by atoms with Crippen LogP contribution in [0.4, 0.5) is 0 Å². The lowest BCUT2D eigenvalue weighted by Crippen LogP contribution is -2.20. The van der Waals surface area contributed by atoms with E-state index in [0.717, 1.165) is 47.4 Å². The molecule has 0 atom stereocenters. The summed E-state index contributed by atoms with van der Waals surface area (Å²) in [6.45, 7) is 6.69. The third kappa shape index (κ3) is 6.38. The Bertz CT molecular complexity index is 1810. The fourth-order valence-electron chi connectivity index (χ4n) is 4.55. The van der Waals surface area contributed by atoms with E-state index in [-0.39, 0.29) is 11.5 Å². The van der Waals surface area contributed by atoms with Gasteiger partial charge in [0, 0.05) is 10.0 Å². The second-order valence-electron chi connectivity index (χ2n) is 9.98. The molecular formula is C33H29BrIN3O3. The van der Waals surface area contributed by atoms with Crippen LogP contribution >= 0.6 is 38.5 Å². The van der Waals surface area contributed by atoms with Crippen molar-refractivity contribution in [3.63, 3.8) is 0 Å². The zero-order valence-corrected chi connectivity index (χ0v) is 26.9. The molecular weight excluding hydrogens is 693 g/mol. The van der Waals surface area contributed by atoms with Crippen molar-refractivity contribution in [2.24, 2.45) is 5.10 Å². The number of nitrogens with zero attached hydrogens (tertiary/aromatic N) is 3. The Hall–Kier alpha value is -3.50. The molecule has 0 radical (unpaired) electrons. The van der Waals surface area contributed by atoms with Gasteiger partial charge in [-0.2, -0.15) is 9.78 Å². The molecule has 0 amide bonds. The first-order valence-corrected chi connectivity index (χ1v) is 15.0. The van der Waals surface area contributed by atoms with Crippen molar-refractivity contribution in [1.82, 2.24) is 9.66 Å². The molecule has 1 heterocycles. The van der Waals surface area contributed by atoms with E-state index in [9.17, 15) is 4.79 Å². The molecule has 0 aliphatic heterocycles. The van der Waals surface area contributed by atoms with Gasteiger partial charge in [-0.3, -0.25) is 4.79 Å². The molecule has 0 fully saturated rings. The van der Waals surface area contributed by atoms with Crippen LogP contribution in [0.15, 0.2) is 93.2 Å². The third-order valence-corrected chi connectivity index (χ3v) is 8.15. The number of hydrogen-bond acceptors (Lipinski definition) is 5. The summed E-state index contributed by atoms with van der Waals surface area (Å²) in [5.74, 6) is 2.30. The van der Waals surface area contributed by atoms with Gasteiger partial charge in [-0.1, -0.05) is 54.0 Å². The Balaban J connectivity index is 1.53. The highest BCUT2D eigenvalue weighted by atomic mass is 127. The molecule has 4 aromatic carbocycles. The molecule has 0 saturated carbocycles. The molecule has 0 bridgehead atoms. The van der Waals surface area contributed by atoms with Crippen LogP contribution < -0.4 is 15.0 Å². The van der Waals surface area contributed by atoms with E-state index in [2.05, 4.69) is 63.5 Å². The maximum Gasteiger partial charge on any atom is 0.282 e. The van der Waals surface area contributed by atoms with Gasteiger partial charge in [-0.15, -0.1) is 0 Å². The molecule has 8 heteroatoms. The van der Waals surface area contributed by atoms with Crippen molar-refractivity contribution in [1.29, 1.82) is 0 Å². The quantitative estimate of drug-likeness (QED) is 0.119. The summed E-state index contributed by atoms with van der Waals surface area (Å²) in [6.07, 6.45) is 1.68. The topological polar surface area (TPSA) is 65.7 Å². The molecule has 0 aliphatic rings. The summed E-state index contributed by atoms with van der Waals surface area (Å²) in [5.41, 5.74) is 5.14. The molecule has 0 saturated heterocycles. The minimum Gasteiger partial charge on any atom is -0.496 e. The number of halogens is 2. The SMILES string of the molecule is COc1cc(C)c(-c2nc3ccccc3c(=O)n2N=Cc2ccc(OCc3ccc(Br)cc3)c(I)c2)cc1C(C)C. The molecule has 0 N–H and O–H groups in total. The lowest BCUT2D eigenvalue weighted by Gasteiger charge is -2.17. The first kappa shape index (κ1) is 29.0. The molecule has 5 aromatic rings. The lowest BCUT2D eigenvalue weighted by molar-refractivity contribution is 0.304. The van der Waals surface area contributed by atoms with Crippen molar-refractivity contribution in [3.05, 3.63) is 120 Å². The van der Waals surface area contributed by atoms with E-state index in [0.29, 0.717) is 23.3 Å². The number of benzene rings is 4. The van der Waals surface area contributed by atoms with Crippen LogP contribution in [0.1, 0.15) is 42.0 Å². The number of aryl methyl sites for hydroxylation is 1. The summed E-state index contributed by atoms with van der Waals surface area (Å²) in [7, 11) is 1.67. The average Bonchev–Trinajstić information content (AvgIpc) is 2.96. The number of aromatic nitrogens is 2. The van der Waals surface area contributed by atoms with Gasteiger partial charge in [-0.25, -0.2) is 4.98 Å². The Morgan fingerprint density at radius 2 is 1.78 bits per heavy atom. The van der Waals surface area contributed by atoms with Gasteiger partial charge in [0.05, 0.1) is 27.8 Å². The average molecular weight is 722 g/mol. The van der Waals surface area contributed by atoms with E-state index in [4.69, 9.17) is 14.5 Å². The molecule has 0 aliphatic carbocycles. The standard InChI is InChI=1S/C33H29BrIN3O3/c1-20(2)26-17-27(21(3)15-31(26)40-4)32-37-29-8-6-5-7-25(29)33(39)38(32)36-18-23-11-14-30(28(35)16-23)41-19-22-9-12-24(34)13-10-22/h5-18,20H,19H2,1-4H3. The van der Waals surface area contributed by atoms with Gasteiger partial charge in [0.15, 0.2) is 5.82 Å². The smallest absolute Gasteiger partial charge is 0.282 e. The number of methoxy groups -OCH3 is 1. The van der Waals surface area contributed by atoms with Gasteiger partial charge in [0.2, 0.25) is 0 Å². The predicted octanol–water partition coefficient (Wildman–Crippen LogP) is 8.33. The Kier molecular flexibility index (Phi) is 8.89. The highest BCUT2D eigenvalue weighted by Crippen LogP contribution is 2.34. The summed E-state index contributed by atoms with van der Waals surface area (Å²) in [5, 5.41) is 5.18. The predicted molar refractivity (Wildman–Crippen MR) is 177 cm³/mol. The number of rotatable bonds is 8. The number of hydrogen-bond donors (Lipinski definition) is 0. The minimum absolute atomic E-state index is 0.222. The first-order valence-electron chi connectivity index (χ1n) is 13.2. The normalized spacial score (nSPS) is 11.5.